The van der Waals surface area contributed by atoms with Gasteiger partial charge < -0.3 is 9.80 Å². The van der Waals surface area contributed by atoms with Gasteiger partial charge in [0.05, 0.1) is 16.0 Å². The highest BCUT2D eigenvalue weighted by Gasteiger charge is 2.24. The number of nitro benzene ring substituents is 1. The minimum atomic E-state index is -0.508. The van der Waals surface area contributed by atoms with Crippen LogP contribution in [0, 0.1) is 17.0 Å². The summed E-state index contributed by atoms with van der Waals surface area (Å²) < 4.78 is 1.12. The molecule has 1 aliphatic rings. The first-order valence-electron chi connectivity index (χ1n) is 9.65. The molecule has 0 N–H and O–H groups in total. The Balaban J connectivity index is 1.82. The topological polar surface area (TPSA) is 102 Å². The van der Waals surface area contributed by atoms with E-state index < -0.39 is 10.5 Å². The summed E-state index contributed by atoms with van der Waals surface area (Å²) in [6, 6.07) is 11.8. The molecule has 2 heterocycles. The lowest BCUT2D eigenvalue weighted by molar-refractivity contribution is -0.384. The Hall–Kier alpha value is -3.75. The van der Waals surface area contributed by atoms with Crippen molar-refractivity contribution in [1.29, 1.82) is 0 Å². The Morgan fingerprint density at radius 1 is 1.07 bits per heavy atom. The third-order valence-corrected chi connectivity index (χ3v) is 5.46. The van der Waals surface area contributed by atoms with Gasteiger partial charge in [-0.25, -0.2) is 0 Å². The van der Waals surface area contributed by atoms with Crippen molar-refractivity contribution >= 4 is 28.1 Å². The summed E-state index contributed by atoms with van der Waals surface area (Å²) >= 11 is 0. The largest absolute Gasteiger partial charge is 0.368 e. The van der Waals surface area contributed by atoms with Gasteiger partial charge in [0.2, 0.25) is 5.91 Å². The van der Waals surface area contributed by atoms with Crippen LogP contribution in [0.4, 0.5) is 11.4 Å². The Labute approximate surface area is 172 Å². The normalized spacial score (nSPS) is 14.2. The van der Waals surface area contributed by atoms with E-state index in [1.807, 2.05) is 17.0 Å². The number of nitrogens with zero attached hydrogens (tertiary/aromatic N) is 5. The number of carbonyl (C=O) groups is 1. The quantitative estimate of drug-likeness (QED) is 0.488. The van der Waals surface area contributed by atoms with Crippen molar-refractivity contribution in [2.45, 2.75) is 13.8 Å². The zero-order valence-electron chi connectivity index (χ0n) is 16.7. The van der Waals surface area contributed by atoms with Gasteiger partial charge in [0.25, 0.3) is 11.2 Å². The van der Waals surface area contributed by atoms with E-state index in [1.54, 1.807) is 43.0 Å². The molecule has 1 aromatic heterocycles. The van der Waals surface area contributed by atoms with Crippen molar-refractivity contribution in [3.8, 4) is 5.69 Å². The molecule has 2 aromatic carbocycles. The van der Waals surface area contributed by atoms with E-state index >= 15 is 0 Å². The van der Waals surface area contributed by atoms with Gasteiger partial charge in [0.15, 0.2) is 0 Å². The maximum atomic E-state index is 13.1. The minimum absolute atomic E-state index is 0.0291. The molecule has 0 atom stereocenters. The Morgan fingerprint density at radius 3 is 2.37 bits per heavy atom. The molecule has 0 saturated carbocycles. The highest BCUT2D eigenvalue weighted by Crippen LogP contribution is 2.28. The second kappa shape index (κ2) is 7.58. The summed E-state index contributed by atoms with van der Waals surface area (Å²) in [6.45, 7) is 5.68. The summed E-state index contributed by atoms with van der Waals surface area (Å²) in [5, 5.41) is 17.2. The molecule has 0 unspecified atom stereocenters. The molecular weight excluding hydrogens is 386 g/mol. The lowest BCUT2D eigenvalue weighted by Gasteiger charge is -2.35. The Kier molecular flexibility index (Phi) is 4.94. The fraction of sp³-hybridized carbons (Fsp3) is 0.286. The van der Waals surface area contributed by atoms with Gasteiger partial charge in [0.1, 0.15) is 5.69 Å². The fourth-order valence-corrected chi connectivity index (χ4v) is 3.82. The van der Waals surface area contributed by atoms with Crippen LogP contribution >= 0.6 is 0 Å². The van der Waals surface area contributed by atoms with Gasteiger partial charge in [-0.05, 0) is 25.1 Å². The van der Waals surface area contributed by atoms with Crippen molar-refractivity contribution in [2.75, 3.05) is 31.1 Å². The van der Waals surface area contributed by atoms with Crippen molar-refractivity contribution in [2.24, 2.45) is 0 Å². The predicted octanol–water partition coefficient (Wildman–Crippen LogP) is 2.27. The maximum absolute atomic E-state index is 13.1. The summed E-state index contributed by atoms with van der Waals surface area (Å²) in [7, 11) is 0. The number of hydrogen-bond donors (Lipinski definition) is 0. The molecule has 9 nitrogen and oxygen atoms in total. The van der Waals surface area contributed by atoms with Crippen molar-refractivity contribution in [3.63, 3.8) is 0 Å². The molecule has 0 aliphatic carbocycles. The third-order valence-electron chi connectivity index (χ3n) is 5.46. The van der Waals surface area contributed by atoms with E-state index in [9.17, 15) is 19.7 Å². The zero-order valence-corrected chi connectivity index (χ0v) is 16.7. The molecule has 0 bridgehead atoms. The van der Waals surface area contributed by atoms with Gasteiger partial charge >= 0.3 is 0 Å². The number of piperazine rings is 1. The van der Waals surface area contributed by atoms with Crippen molar-refractivity contribution in [1.82, 2.24) is 14.7 Å². The number of fused-ring (bicyclic) bond motifs is 1. The minimum Gasteiger partial charge on any atom is -0.368 e. The number of nitro groups is 1. The monoisotopic (exact) mass is 407 g/mol. The van der Waals surface area contributed by atoms with Gasteiger partial charge in [-0.15, -0.1) is 0 Å². The standard InChI is InChI=1S/C21H21N5O4/c1-14-17-5-3-4-6-18(17)21(28)25(22-14)20-13-16(7-8-19(20)26(29)30)24-11-9-23(10-12-24)15(2)27/h3-8,13H,9-12H2,1-2H3. The lowest BCUT2D eigenvalue weighted by atomic mass is 10.1. The van der Waals surface area contributed by atoms with E-state index in [4.69, 9.17) is 0 Å². The molecule has 0 radical (unpaired) electrons. The van der Waals surface area contributed by atoms with Crippen LogP contribution in [-0.4, -0.2) is 51.7 Å². The average molecular weight is 407 g/mol. The predicted molar refractivity (Wildman–Crippen MR) is 113 cm³/mol. The summed E-state index contributed by atoms with van der Waals surface area (Å²) in [6.07, 6.45) is 0. The summed E-state index contributed by atoms with van der Waals surface area (Å²) in [5.74, 6) is 0.0291. The lowest BCUT2D eigenvalue weighted by Crippen LogP contribution is -2.48. The fourth-order valence-electron chi connectivity index (χ4n) is 3.82. The first-order valence-corrected chi connectivity index (χ1v) is 9.65. The molecule has 4 rings (SSSR count). The molecule has 154 valence electrons. The first kappa shape index (κ1) is 19.6. The molecular formula is C21H21N5O4. The molecule has 0 spiro atoms. The van der Waals surface area contributed by atoms with Crippen molar-refractivity contribution < 1.29 is 9.72 Å². The van der Waals surface area contributed by atoms with Crippen LogP contribution in [0.3, 0.4) is 0 Å². The van der Waals surface area contributed by atoms with Crippen LogP contribution in [0.5, 0.6) is 0 Å². The molecule has 1 saturated heterocycles. The highest BCUT2D eigenvalue weighted by atomic mass is 16.6. The molecule has 9 heteroatoms. The number of aryl methyl sites for hydroxylation is 1. The third kappa shape index (κ3) is 3.38. The average Bonchev–Trinajstić information content (AvgIpc) is 2.76. The number of amides is 1. The van der Waals surface area contributed by atoms with E-state index in [0.29, 0.717) is 37.3 Å². The van der Waals surface area contributed by atoms with Crippen LogP contribution in [0.1, 0.15) is 12.6 Å². The van der Waals surface area contributed by atoms with Crippen LogP contribution in [0.25, 0.3) is 16.5 Å². The van der Waals surface area contributed by atoms with Crippen LogP contribution in [0.15, 0.2) is 47.3 Å². The molecule has 1 fully saturated rings. The Morgan fingerprint density at radius 2 is 1.73 bits per heavy atom. The highest BCUT2D eigenvalue weighted by molar-refractivity contribution is 5.83. The number of hydrogen-bond acceptors (Lipinski definition) is 6. The molecule has 1 amide bonds. The van der Waals surface area contributed by atoms with Crippen LogP contribution in [-0.2, 0) is 4.79 Å². The van der Waals surface area contributed by atoms with Gasteiger partial charge in [-0.1, -0.05) is 18.2 Å². The van der Waals surface area contributed by atoms with Crippen molar-refractivity contribution in [3.05, 3.63) is 68.6 Å². The summed E-state index contributed by atoms with van der Waals surface area (Å²) in [5.41, 5.74) is 0.895. The number of rotatable bonds is 3. The second-order valence-corrected chi connectivity index (χ2v) is 7.27. The summed E-state index contributed by atoms with van der Waals surface area (Å²) in [4.78, 5) is 39.6. The smallest absolute Gasteiger partial charge is 0.295 e. The second-order valence-electron chi connectivity index (χ2n) is 7.27. The molecule has 30 heavy (non-hydrogen) atoms. The van der Waals surface area contributed by atoms with E-state index in [-0.39, 0.29) is 17.3 Å². The van der Waals surface area contributed by atoms with Crippen LogP contribution < -0.4 is 10.5 Å². The van der Waals surface area contributed by atoms with E-state index in [2.05, 4.69) is 5.10 Å². The number of carbonyl (C=O) groups excluding carboxylic acids is 1. The van der Waals surface area contributed by atoms with Gasteiger partial charge in [0, 0.05) is 50.2 Å². The van der Waals surface area contributed by atoms with E-state index in [1.165, 1.54) is 6.07 Å². The first-order chi connectivity index (χ1) is 14.4. The zero-order chi connectivity index (χ0) is 21.4. The number of benzene rings is 2. The molecule has 3 aromatic rings. The van der Waals surface area contributed by atoms with Crippen LogP contribution in [0.2, 0.25) is 0 Å². The number of aromatic nitrogens is 2. The molecule has 1 aliphatic heterocycles. The number of anilines is 1. The van der Waals surface area contributed by atoms with Gasteiger partial charge in [-0.3, -0.25) is 19.7 Å². The van der Waals surface area contributed by atoms with E-state index in [0.717, 1.165) is 15.8 Å². The van der Waals surface area contributed by atoms with Gasteiger partial charge in [-0.2, -0.15) is 9.78 Å². The maximum Gasteiger partial charge on any atom is 0.295 e. The SMILES string of the molecule is CC(=O)N1CCN(c2ccc([N+](=O)[O-])c(-n3nc(C)c4ccccc4c3=O)c2)CC1. The Bertz CT molecular complexity index is 1210.